The van der Waals surface area contributed by atoms with Gasteiger partial charge in [0.05, 0.1) is 19.9 Å². The summed E-state index contributed by atoms with van der Waals surface area (Å²) in [7, 11) is 2.54. The first-order valence-electron chi connectivity index (χ1n) is 9.12. The summed E-state index contributed by atoms with van der Waals surface area (Å²) >= 11 is 1.62. The third-order valence-electron chi connectivity index (χ3n) is 4.67. The smallest absolute Gasteiger partial charge is 0.357 e. The molecule has 4 rings (SSSR count). The molecule has 0 spiro atoms. The number of aromatic nitrogens is 2. The van der Waals surface area contributed by atoms with Crippen molar-refractivity contribution in [3.8, 4) is 28.1 Å². The van der Waals surface area contributed by atoms with Crippen LogP contribution in [0.15, 0.2) is 71.4 Å². The van der Waals surface area contributed by atoms with Gasteiger partial charge in [0.1, 0.15) is 11.3 Å². The Morgan fingerprint density at radius 2 is 1.50 bits per heavy atom. The normalized spacial score (nSPS) is 10.6. The van der Waals surface area contributed by atoms with Crippen LogP contribution in [0.4, 0.5) is 0 Å². The van der Waals surface area contributed by atoms with Crippen molar-refractivity contribution in [1.82, 2.24) is 9.78 Å². The van der Waals surface area contributed by atoms with E-state index in [1.54, 1.807) is 23.5 Å². The second-order valence-electron chi connectivity index (χ2n) is 6.39. The molecule has 6 nitrogen and oxygen atoms in total. The molecule has 2 heterocycles. The van der Waals surface area contributed by atoms with Gasteiger partial charge in [0, 0.05) is 5.56 Å². The lowest BCUT2D eigenvalue weighted by Gasteiger charge is -2.07. The lowest BCUT2D eigenvalue weighted by molar-refractivity contribution is 0.0549. The van der Waals surface area contributed by atoms with Gasteiger partial charge < -0.3 is 9.47 Å². The van der Waals surface area contributed by atoms with Crippen molar-refractivity contribution in [3.63, 3.8) is 0 Å². The van der Waals surface area contributed by atoms with Crippen LogP contribution in [-0.2, 0) is 9.47 Å². The Bertz CT molecular complexity index is 1180. The minimum absolute atomic E-state index is 0.0208. The highest BCUT2D eigenvalue weighted by molar-refractivity contribution is 7.08. The molecule has 2 aromatic carbocycles. The Kier molecular flexibility index (Phi) is 5.45. The molecule has 0 N–H and O–H groups in total. The number of carbonyl (C=O) groups is 2. The first kappa shape index (κ1) is 19.6. The van der Waals surface area contributed by atoms with Crippen LogP contribution >= 0.6 is 11.3 Å². The summed E-state index contributed by atoms with van der Waals surface area (Å²) in [5.74, 6) is -1.33. The van der Waals surface area contributed by atoms with Crippen molar-refractivity contribution >= 4 is 23.3 Å². The first-order valence-corrected chi connectivity index (χ1v) is 10.1. The number of ether oxygens (including phenoxy) is 2. The number of carbonyl (C=O) groups excluding carboxylic acids is 2. The third-order valence-corrected chi connectivity index (χ3v) is 5.35. The lowest BCUT2D eigenvalue weighted by Crippen LogP contribution is -2.15. The number of nitrogens with zero attached hydrogens (tertiary/aromatic N) is 2. The minimum atomic E-state index is -0.673. The van der Waals surface area contributed by atoms with E-state index >= 15 is 0 Å². The van der Waals surface area contributed by atoms with Crippen molar-refractivity contribution in [3.05, 3.63) is 82.7 Å². The molecule has 0 amide bonds. The lowest BCUT2D eigenvalue weighted by atomic mass is 10.0. The number of rotatable bonds is 5. The summed E-state index contributed by atoms with van der Waals surface area (Å²) < 4.78 is 11.3. The summed E-state index contributed by atoms with van der Waals surface area (Å²) in [4.78, 5) is 25.3. The molecule has 0 aliphatic heterocycles. The van der Waals surface area contributed by atoms with Gasteiger partial charge >= 0.3 is 11.9 Å². The van der Waals surface area contributed by atoms with Crippen LogP contribution in [0.1, 0.15) is 20.8 Å². The summed E-state index contributed by atoms with van der Waals surface area (Å²) in [6, 6.07) is 18.8. The van der Waals surface area contributed by atoms with Gasteiger partial charge in [-0.15, -0.1) is 0 Å². The van der Waals surface area contributed by atoms with Gasteiger partial charge in [-0.3, -0.25) is 0 Å². The summed E-state index contributed by atoms with van der Waals surface area (Å²) in [6.07, 6.45) is 0. The highest BCUT2D eigenvalue weighted by Gasteiger charge is 2.31. The van der Waals surface area contributed by atoms with Crippen LogP contribution in [0.25, 0.3) is 28.1 Å². The van der Waals surface area contributed by atoms with E-state index in [0.29, 0.717) is 16.9 Å². The summed E-state index contributed by atoms with van der Waals surface area (Å²) in [5, 5.41) is 8.68. The van der Waals surface area contributed by atoms with Crippen LogP contribution in [0.5, 0.6) is 0 Å². The fourth-order valence-electron chi connectivity index (χ4n) is 3.21. The molecule has 0 atom stereocenters. The predicted molar refractivity (Wildman–Crippen MR) is 115 cm³/mol. The molecule has 0 fully saturated rings. The first-order chi connectivity index (χ1) is 14.6. The molecule has 0 unspecified atom stereocenters. The number of methoxy groups -OCH3 is 2. The average molecular weight is 418 g/mol. The van der Waals surface area contributed by atoms with Crippen molar-refractivity contribution in [2.45, 2.75) is 0 Å². The molecule has 2 aromatic heterocycles. The SMILES string of the molecule is COC(=O)c1c(-c2ccc(-c3ccsc3)cc2)nn(-c2ccccc2)c1C(=O)OC. The molecule has 30 heavy (non-hydrogen) atoms. The Hall–Kier alpha value is -3.71. The minimum Gasteiger partial charge on any atom is -0.465 e. The van der Waals surface area contributed by atoms with Crippen LogP contribution in [0, 0.1) is 0 Å². The van der Waals surface area contributed by atoms with Crippen LogP contribution < -0.4 is 0 Å². The molecular formula is C23H18N2O4S. The largest absolute Gasteiger partial charge is 0.465 e. The van der Waals surface area contributed by atoms with E-state index in [2.05, 4.69) is 10.5 Å². The zero-order valence-corrected chi connectivity index (χ0v) is 17.2. The van der Waals surface area contributed by atoms with Crippen LogP contribution in [0.2, 0.25) is 0 Å². The van der Waals surface area contributed by atoms with Gasteiger partial charge in [-0.1, -0.05) is 42.5 Å². The van der Waals surface area contributed by atoms with E-state index in [9.17, 15) is 9.59 Å². The Balaban J connectivity index is 1.92. The number of thiophene rings is 1. The maximum Gasteiger partial charge on any atom is 0.357 e. The monoisotopic (exact) mass is 418 g/mol. The standard InChI is InChI=1S/C23H18N2O4S/c1-28-22(26)19-20(16-10-8-15(9-11-16)17-12-13-30-14-17)24-25(21(19)23(27)29-2)18-6-4-3-5-7-18/h3-14H,1-2H3. The van der Waals surface area contributed by atoms with E-state index in [0.717, 1.165) is 11.1 Å². The molecule has 4 aromatic rings. The zero-order chi connectivity index (χ0) is 21.1. The molecule has 0 aliphatic rings. The number of hydrogen-bond donors (Lipinski definition) is 0. The van der Waals surface area contributed by atoms with E-state index < -0.39 is 11.9 Å². The fourth-order valence-corrected chi connectivity index (χ4v) is 3.87. The topological polar surface area (TPSA) is 70.4 Å². The maximum atomic E-state index is 12.7. The average Bonchev–Trinajstić information content (AvgIpc) is 3.47. The molecule has 0 bridgehead atoms. The van der Waals surface area contributed by atoms with Crippen LogP contribution in [-0.4, -0.2) is 35.9 Å². The molecule has 0 saturated heterocycles. The van der Waals surface area contributed by atoms with E-state index in [1.165, 1.54) is 18.9 Å². The van der Waals surface area contributed by atoms with Gasteiger partial charge in [-0.2, -0.15) is 16.4 Å². The van der Waals surface area contributed by atoms with Gasteiger partial charge in [-0.25, -0.2) is 14.3 Å². The van der Waals surface area contributed by atoms with Crippen molar-refractivity contribution in [2.24, 2.45) is 0 Å². The second-order valence-corrected chi connectivity index (χ2v) is 7.17. The Labute approximate surface area is 177 Å². The molecule has 7 heteroatoms. The zero-order valence-electron chi connectivity index (χ0n) is 16.4. The third kappa shape index (κ3) is 3.51. The highest BCUT2D eigenvalue weighted by atomic mass is 32.1. The Morgan fingerprint density at radius 3 is 2.10 bits per heavy atom. The molecule has 150 valence electrons. The number of para-hydroxylation sites is 1. The van der Waals surface area contributed by atoms with Crippen molar-refractivity contribution in [2.75, 3.05) is 14.2 Å². The fraction of sp³-hybridized carbons (Fsp3) is 0.0870. The van der Waals surface area contributed by atoms with Crippen LogP contribution in [0.3, 0.4) is 0 Å². The number of esters is 2. The van der Waals surface area contributed by atoms with Gasteiger partial charge in [0.2, 0.25) is 0 Å². The molecule has 0 saturated carbocycles. The van der Waals surface area contributed by atoms with Gasteiger partial charge in [0.25, 0.3) is 0 Å². The van der Waals surface area contributed by atoms with Gasteiger partial charge in [-0.05, 0) is 40.1 Å². The molecule has 0 radical (unpaired) electrons. The molecule has 0 aliphatic carbocycles. The number of hydrogen-bond acceptors (Lipinski definition) is 6. The number of benzene rings is 2. The van der Waals surface area contributed by atoms with Gasteiger partial charge in [0.15, 0.2) is 5.69 Å². The predicted octanol–water partition coefficient (Wildman–Crippen LogP) is 4.84. The maximum absolute atomic E-state index is 12.7. The van der Waals surface area contributed by atoms with E-state index in [1.807, 2.05) is 53.9 Å². The second kappa shape index (κ2) is 8.34. The molecular weight excluding hydrogens is 400 g/mol. The van der Waals surface area contributed by atoms with Crippen molar-refractivity contribution < 1.29 is 19.1 Å². The van der Waals surface area contributed by atoms with Crippen molar-refractivity contribution in [1.29, 1.82) is 0 Å². The summed E-state index contributed by atoms with van der Waals surface area (Å²) in [6.45, 7) is 0. The quantitative estimate of drug-likeness (QED) is 0.434. The summed E-state index contributed by atoms with van der Waals surface area (Å²) in [5.41, 5.74) is 3.92. The highest BCUT2D eigenvalue weighted by Crippen LogP contribution is 2.31. The van der Waals surface area contributed by atoms with E-state index in [-0.39, 0.29) is 11.3 Å². The van der Waals surface area contributed by atoms with E-state index in [4.69, 9.17) is 9.47 Å². The Morgan fingerprint density at radius 1 is 0.833 bits per heavy atom.